The summed E-state index contributed by atoms with van der Waals surface area (Å²) in [6.07, 6.45) is 1.42. The zero-order valence-electron chi connectivity index (χ0n) is 13.8. The van der Waals surface area contributed by atoms with E-state index in [2.05, 4.69) is 15.5 Å². The number of carbonyl (C=O) groups is 2. The van der Waals surface area contributed by atoms with Crippen LogP contribution in [-0.4, -0.2) is 67.8 Å². The third kappa shape index (κ3) is 6.55. The van der Waals surface area contributed by atoms with E-state index < -0.39 is 11.8 Å². The molecular weight excluding hydrogens is 310 g/mol. The van der Waals surface area contributed by atoms with Crippen molar-refractivity contribution in [2.24, 2.45) is 0 Å². The van der Waals surface area contributed by atoms with Crippen molar-refractivity contribution in [3.63, 3.8) is 0 Å². The number of nitrogens with one attached hydrogen (secondary N) is 2. The summed E-state index contributed by atoms with van der Waals surface area (Å²) >= 11 is 0. The molecule has 1 aromatic carbocycles. The number of aromatic hydroxyl groups is 1. The fourth-order valence-corrected chi connectivity index (χ4v) is 2.47. The lowest BCUT2D eigenvalue weighted by Crippen LogP contribution is -2.42. The van der Waals surface area contributed by atoms with Crippen molar-refractivity contribution in [2.45, 2.75) is 12.8 Å². The summed E-state index contributed by atoms with van der Waals surface area (Å²) in [7, 11) is 0. The summed E-state index contributed by atoms with van der Waals surface area (Å²) in [5.74, 6) is -0.998. The molecule has 1 aliphatic heterocycles. The average Bonchev–Trinajstić information content (AvgIpc) is 2.61. The van der Waals surface area contributed by atoms with Gasteiger partial charge in [-0.05, 0) is 37.1 Å². The highest BCUT2D eigenvalue weighted by molar-refractivity contribution is 6.35. The van der Waals surface area contributed by atoms with E-state index in [9.17, 15) is 14.7 Å². The topological polar surface area (TPSA) is 90.9 Å². The van der Waals surface area contributed by atoms with Gasteiger partial charge in [0.15, 0.2) is 0 Å². The Bertz CT molecular complexity index is 527. The van der Waals surface area contributed by atoms with Crippen LogP contribution in [0.15, 0.2) is 24.3 Å². The Kier molecular flexibility index (Phi) is 7.51. The minimum atomic E-state index is -0.611. The number of hydrogen-bond donors (Lipinski definition) is 3. The zero-order valence-corrected chi connectivity index (χ0v) is 13.8. The van der Waals surface area contributed by atoms with Gasteiger partial charge in [0.25, 0.3) is 0 Å². The Balaban J connectivity index is 1.54. The van der Waals surface area contributed by atoms with E-state index in [1.807, 2.05) is 0 Å². The van der Waals surface area contributed by atoms with Gasteiger partial charge in [-0.1, -0.05) is 12.1 Å². The second kappa shape index (κ2) is 9.89. The van der Waals surface area contributed by atoms with E-state index in [0.29, 0.717) is 19.5 Å². The zero-order chi connectivity index (χ0) is 17.2. The lowest BCUT2D eigenvalue weighted by Gasteiger charge is -2.26. The number of carbonyl (C=O) groups excluding carboxylic acids is 2. The van der Waals surface area contributed by atoms with Crippen LogP contribution in [0.25, 0.3) is 0 Å². The quantitative estimate of drug-likeness (QED) is 0.478. The number of rotatable bonds is 7. The molecule has 0 aliphatic carbocycles. The lowest BCUT2D eigenvalue weighted by atomic mass is 10.1. The van der Waals surface area contributed by atoms with Gasteiger partial charge in [0.2, 0.25) is 0 Å². The molecule has 7 heteroatoms. The van der Waals surface area contributed by atoms with Gasteiger partial charge in [-0.15, -0.1) is 0 Å². The smallest absolute Gasteiger partial charge is 0.309 e. The number of phenolic OH excluding ortho intramolecular Hbond substituents is 1. The Morgan fingerprint density at radius 2 is 1.67 bits per heavy atom. The number of nitrogens with zero attached hydrogens (tertiary/aromatic N) is 1. The van der Waals surface area contributed by atoms with Crippen LogP contribution in [0.5, 0.6) is 5.75 Å². The number of hydrogen-bond acceptors (Lipinski definition) is 5. The van der Waals surface area contributed by atoms with Gasteiger partial charge in [-0.2, -0.15) is 0 Å². The number of ether oxygens (including phenoxy) is 1. The van der Waals surface area contributed by atoms with Crippen molar-refractivity contribution < 1.29 is 19.4 Å². The van der Waals surface area contributed by atoms with Gasteiger partial charge >= 0.3 is 11.8 Å². The summed E-state index contributed by atoms with van der Waals surface area (Å²) in [4.78, 5) is 25.7. The summed E-state index contributed by atoms with van der Waals surface area (Å²) in [5.41, 5.74) is 0.985. The standard InChI is InChI=1S/C17H25N3O4/c21-15-4-2-14(3-5-15)6-8-19-17(23)16(22)18-7-1-9-20-10-12-24-13-11-20/h2-5,21H,1,6-13H2,(H,18,22)(H,19,23). The second-order valence-corrected chi connectivity index (χ2v) is 5.74. The van der Waals surface area contributed by atoms with E-state index in [1.165, 1.54) is 0 Å². The number of benzene rings is 1. The minimum absolute atomic E-state index is 0.208. The Morgan fingerprint density at radius 3 is 2.33 bits per heavy atom. The van der Waals surface area contributed by atoms with Gasteiger partial charge < -0.3 is 20.5 Å². The fraction of sp³-hybridized carbons (Fsp3) is 0.529. The number of amides is 2. The van der Waals surface area contributed by atoms with Crippen molar-refractivity contribution in [1.29, 1.82) is 0 Å². The summed E-state index contributed by atoms with van der Waals surface area (Å²) < 4.78 is 5.27. The molecule has 0 aromatic heterocycles. The largest absolute Gasteiger partial charge is 0.508 e. The van der Waals surface area contributed by atoms with Gasteiger partial charge in [0.1, 0.15) is 5.75 Å². The highest BCUT2D eigenvalue weighted by atomic mass is 16.5. The van der Waals surface area contributed by atoms with Crippen LogP contribution < -0.4 is 10.6 Å². The summed E-state index contributed by atoms with van der Waals surface area (Å²) in [6, 6.07) is 6.76. The normalized spacial score (nSPS) is 15.0. The molecule has 1 fully saturated rings. The molecule has 0 radical (unpaired) electrons. The van der Waals surface area contributed by atoms with E-state index in [1.54, 1.807) is 24.3 Å². The molecular formula is C17H25N3O4. The summed E-state index contributed by atoms with van der Waals surface area (Å²) in [5, 5.41) is 14.4. The summed E-state index contributed by atoms with van der Waals surface area (Å²) in [6.45, 7) is 5.13. The first-order valence-corrected chi connectivity index (χ1v) is 8.29. The van der Waals surface area contributed by atoms with Crippen LogP contribution in [0.1, 0.15) is 12.0 Å². The molecule has 1 saturated heterocycles. The van der Waals surface area contributed by atoms with Crippen molar-refractivity contribution in [3.05, 3.63) is 29.8 Å². The van der Waals surface area contributed by atoms with Crippen molar-refractivity contribution in [3.8, 4) is 5.75 Å². The molecule has 7 nitrogen and oxygen atoms in total. The monoisotopic (exact) mass is 335 g/mol. The predicted molar refractivity (Wildman–Crippen MR) is 89.7 cm³/mol. The molecule has 0 unspecified atom stereocenters. The van der Waals surface area contributed by atoms with Crippen LogP contribution in [0.2, 0.25) is 0 Å². The molecule has 0 saturated carbocycles. The molecule has 3 N–H and O–H groups in total. The maximum Gasteiger partial charge on any atom is 0.309 e. The maximum absolute atomic E-state index is 11.7. The molecule has 1 heterocycles. The van der Waals surface area contributed by atoms with Crippen molar-refractivity contribution in [1.82, 2.24) is 15.5 Å². The van der Waals surface area contributed by atoms with Crippen LogP contribution in [0.4, 0.5) is 0 Å². The average molecular weight is 335 g/mol. The van der Waals surface area contributed by atoms with Gasteiger partial charge in [0, 0.05) is 26.2 Å². The van der Waals surface area contributed by atoms with Crippen molar-refractivity contribution >= 4 is 11.8 Å². The Hall–Kier alpha value is -2.12. The van der Waals surface area contributed by atoms with Gasteiger partial charge in [-0.3, -0.25) is 14.5 Å². The van der Waals surface area contributed by atoms with Crippen LogP contribution in [0.3, 0.4) is 0 Å². The molecule has 2 rings (SSSR count). The van der Waals surface area contributed by atoms with Crippen molar-refractivity contribution in [2.75, 3.05) is 45.9 Å². The predicted octanol–water partition coefficient (Wildman–Crippen LogP) is -0.111. The molecule has 0 atom stereocenters. The first kappa shape index (κ1) is 18.2. The van der Waals surface area contributed by atoms with Crippen LogP contribution >= 0.6 is 0 Å². The van der Waals surface area contributed by atoms with Gasteiger partial charge in [-0.25, -0.2) is 0 Å². The van der Waals surface area contributed by atoms with E-state index in [0.717, 1.165) is 44.8 Å². The SMILES string of the molecule is O=C(NCCCN1CCOCC1)C(=O)NCCc1ccc(O)cc1. The minimum Gasteiger partial charge on any atom is -0.508 e. The number of morpholine rings is 1. The Labute approximate surface area is 142 Å². The first-order valence-electron chi connectivity index (χ1n) is 8.29. The molecule has 1 aromatic rings. The van der Waals surface area contributed by atoms with Crippen LogP contribution in [0, 0.1) is 0 Å². The Morgan fingerprint density at radius 1 is 1.04 bits per heavy atom. The third-order valence-electron chi connectivity index (χ3n) is 3.88. The van der Waals surface area contributed by atoms with E-state index in [-0.39, 0.29) is 5.75 Å². The van der Waals surface area contributed by atoms with E-state index in [4.69, 9.17) is 4.74 Å². The van der Waals surface area contributed by atoms with Gasteiger partial charge in [0.05, 0.1) is 13.2 Å². The highest BCUT2D eigenvalue weighted by Crippen LogP contribution is 2.09. The third-order valence-corrected chi connectivity index (χ3v) is 3.88. The molecule has 1 aliphatic rings. The number of phenols is 1. The lowest BCUT2D eigenvalue weighted by molar-refractivity contribution is -0.139. The molecule has 132 valence electrons. The molecule has 0 bridgehead atoms. The second-order valence-electron chi connectivity index (χ2n) is 5.74. The van der Waals surface area contributed by atoms with E-state index >= 15 is 0 Å². The fourth-order valence-electron chi connectivity index (χ4n) is 2.47. The molecule has 2 amide bonds. The highest BCUT2D eigenvalue weighted by Gasteiger charge is 2.13. The van der Waals surface area contributed by atoms with Crippen LogP contribution in [-0.2, 0) is 20.7 Å². The molecule has 24 heavy (non-hydrogen) atoms. The molecule has 0 spiro atoms. The maximum atomic E-state index is 11.7. The first-order chi connectivity index (χ1) is 11.6.